The number of carboxylic acid groups (broad SMARTS) is 1. The van der Waals surface area contributed by atoms with Crippen molar-refractivity contribution in [2.45, 2.75) is 46.1 Å². The molecule has 4 heteroatoms. The number of thiophene rings is 1. The van der Waals surface area contributed by atoms with E-state index in [1.165, 1.54) is 17.8 Å². The molecule has 1 saturated carbocycles. The summed E-state index contributed by atoms with van der Waals surface area (Å²) in [7, 11) is 0. The number of aromatic carboxylic acids is 1. The fourth-order valence-electron chi connectivity index (χ4n) is 2.88. The molecule has 2 atom stereocenters. The van der Waals surface area contributed by atoms with Gasteiger partial charge in [0.05, 0.1) is 6.10 Å². The molecule has 0 saturated heterocycles. The van der Waals surface area contributed by atoms with E-state index in [0.717, 1.165) is 17.7 Å². The van der Waals surface area contributed by atoms with Crippen molar-refractivity contribution in [3.63, 3.8) is 0 Å². The molecule has 0 aromatic carbocycles. The Morgan fingerprint density at radius 1 is 1.33 bits per heavy atom. The van der Waals surface area contributed by atoms with Gasteiger partial charge in [0.1, 0.15) is 5.75 Å². The zero-order valence-electron chi connectivity index (χ0n) is 11.1. The second-order valence-corrected chi connectivity index (χ2v) is 6.77. The highest BCUT2D eigenvalue weighted by molar-refractivity contribution is 7.14. The van der Waals surface area contributed by atoms with Gasteiger partial charge < -0.3 is 9.84 Å². The molecule has 0 spiro atoms. The van der Waals surface area contributed by atoms with Crippen LogP contribution in [0.4, 0.5) is 0 Å². The first-order valence-corrected chi connectivity index (χ1v) is 7.27. The summed E-state index contributed by atoms with van der Waals surface area (Å²) in [5, 5.41) is 9.14. The minimum Gasteiger partial charge on any atom is -0.489 e. The van der Waals surface area contributed by atoms with E-state index >= 15 is 0 Å². The highest BCUT2D eigenvalue weighted by Gasteiger charge is 2.27. The standard InChI is InChI=1S/C14H20O3S/c1-8-4-9(2)6-11(5-8)17-12-7-10(3)18-13(12)14(15)16/h7-9,11H,4-6H2,1-3H3,(H,15,16). The van der Waals surface area contributed by atoms with Gasteiger partial charge in [-0.3, -0.25) is 0 Å². The average molecular weight is 268 g/mol. The molecule has 1 aromatic heterocycles. The lowest BCUT2D eigenvalue weighted by atomic mass is 9.82. The molecular weight excluding hydrogens is 248 g/mol. The predicted octanol–water partition coefficient (Wildman–Crippen LogP) is 3.96. The maximum Gasteiger partial charge on any atom is 0.349 e. The Bertz CT molecular complexity index is 428. The Morgan fingerprint density at radius 3 is 2.50 bits per heavy atom. The fourth-order valence-corrected chi connectivity index (χ4v) is 3.66. The van der Waals surface area contributed by atoms with Gasteiger partial charge >= 0.3 is 5.97 Å². The molecule has 1 fully saturated rings. The van der Waals surface area contributed by atoms with Crippen molar-refractivity contribution in [1.82, 2.24) is 0 Å². The maximum absolute atomic E-state index is 11.1. The first-order valence-electron chi connectivity index (χ1n) is 6.46. The summed E-state index contributed by atoms with van der Waals surface area (Å²) in [5.41, 5.74) is 0. The molecule has 2 unspecified atom stereocenters. The quantitative estimate of drug-likeness (QED) is 0.902. The van der Waals surface area contributed by atoms with Crippen molar-refractivity contribution in [1.29, 1.82) is 0 Å². The number of carboxylic acids is 1. The molecular formula is C14H20O3S. The number of rotatable bonds is 3. The number of ether oxygens (including phenoxy) is 1. The Morgan fingerprint density at radius 2 is 1.94 bits per heavy atom. The van der Waals surface area contributed by atoms with Crippen molar-refractivity contribution < 1.29 is 14.6 Å². The zero-order valence-corrected chi connectivity index (χ0v) is 11.9. The molecule has 100 valence electrons. The van der Waals surface area contributed by atoms with Crippen molar-refractivity contribution in [3.05, 3.63) is 15.8 Å². The first kappa shape index (κ1) is 13.4. The molecule has 0 radical (unpaired) electrons. The van der Waals surface area contributed by atoms with Crippen molar-refractivity contribution >= 4 is 17.3 Å². The van der Waals surface area contributed by atoms with Crippen molar-refractivity contribution in [2.24, 2.45) is 11.8 Å². The van der Waals surface area contributed by atoms with Gasteiger partial charge in [-0.2, -0.15) is 0 Å². The second-order valence-electron chi connectivity index (χ2n) is 5.51. The number of carbonyl (C=O) groups is 1. The van der Waals surface area contributed by atoms with Crippen LogP contribution in [0.3, 0.4) is 0 Å². The normalized spacial score (nSPS) is 28.1. The molecule has 0 bridgehead atoms. The Kier molecular flexibility index (Phi) is 3.95. The van der Waals surface area contributed by atoms with E-state index in [2.05, 4.69) is 13.8 Å². The number of hydrogen-bond acceptors (Lipinski definition) is 3. The SMILES string of the molecule is Cc1cc(OC2CC(C)CC(C)C2)c(C(=O)O)s1. The largest absolute Gasteiger partial charge is 0.489 e. The molecule has 1 aromatic rings. The average Bonchev–Trinajstić information content (AvgIpc) is 2.57. The smallest absolute Gasteiger partial charge is 0.349 e. The van der Waals surface area contributed by atoms with E-state index in [4.69, 9.17) is 9.84 Å². The van der Waals surface area contributed by atoms with Crippen LogP contribution < -0.4 is 4.74 Å². The Labute approximate surface area is 112 Å². The highest BCUT2D eigenvalue weighted by atomic mass is 32.1. The molecule has 0 aliphatic heterocycles. The van der Waals surface area contributed by atoms with E-state index in [0.29, 0.717) is 22.5 Å². The minimum absolute atomic E-state index is 0.163. The van der Waals surface area contributed by atoms with Gasteiger partial charge in [-0.05, 0) is 44.1 Å². The van der Waals surface area contributed by atoms with Crippen LogP contribution in [-0.4, -0.2) is 17.2 Å². The topological polar surface area (TPSA) is 46.5 Å². The van der Waals surface area contributed by atoms with E-state index in [1.54, 1.807) is 0 Å². The van der Waals surface area contributed by atoms with Gasteiger partial charge in [-0.15, -0.1) is 11.3 Å². The lowest BCUT2D eigenvalue weighted by Gasteiger charge is -2.31. The third-order valence-corrected chi connectivity index (χ3v) is 4.46. The van der Waals surface area contributed by atoms with E-state index in [-0.39, 0.29) is 6.10 Å². The van der Waals surface area contributed by atoms with Gasteiger partial charge in [0.2, 0.25) is 0 Å². The molecule has 1 heterocycles. The van der Waals surface area contributed by atoms with Gasteiger partial charge in [-0.1, -0.05) is 13.8 Å². The number of hydrogen-bond donors (Lipinski definition) is 1. The fraction of sp³-hybridized carbons (Fsp3) is 0.643. The Hall–Kier alpha value is -1.03. The maximum atomic E-state index is 11.1. The zero-order chi connectivity index (χ0) is 13.3. The highest BCUT2D eigenvalue weighted by Crippen LogP contribution is 2.35. The van der Waals surface area contributed by atoms with Crippen molar-refractivity contribution in [2.75, 3.05) is 0 Å². The van der Waals surface area contributed by atoms with Gasteiger partial charge in [-0.25, -0.2) is 4.79 Å². The summed E-state index contributed by atoms with van der Waals surface area (Å²) in [6.07, 6.45) is 3.46. The van der Waals surface area contributed by atoms with Crippen LogP contribution in [0.5, 0.6) is 5.75 Å². The van der Waals surface area contributed by atoms with Crippen LogP contribution in [0.25, 0.3) is 0 Å². The summed E-state index contributed by atoms with van der Waals surface area (Å²) in [4.78, 5) is 12.5. The molecule has 1 N–H and O–H groups in total. The molecule has 3 nitrogen and oxygen atoms in total. The van der Waals surface area contributed by atoms with E-state index < -0.39 is 5.97 Å². The van der Waals surface area contributed by atoms with E-state index in [1.807, 2.05) is 13.0 Å². The monoisotopic (exact) mass is 268 g/mol. The minimum atomic E-state index is -0.889. The van der Waals surface area contributed by atoms with Crippen LogP contribution in [0.1, 0.15) is 47.7 Å². The van der Waals surface area contributed by atoms with Crippen LogP contribution >= 0.6 is 11.3 Å². The molecule has 1 aliphatic rings. The summed E-state index contributed by atoms with van der Waals surface area (Å²) < 4.78 is 5.94. The first-order chi connectivity index (χ1) is 8.45. The van der Waals surface area contributed by atoms with Gasteiger partial charge in [0, 0.05) is 4.88 Å². The molecule has 2 rings (SSSR count). The molecule has 1 aliphatic carbocycles. The van der Waals surface area contributed by atoms with Crippen LogP contribution in [0.15, 0.2) is 6.07 Å². The molecule has 0 amide bonds. The predicted molar refractivity (Wildman–Crippen MR) is 72.6 cm³/mol. The van der Waals surface area contributed by atoms with E-state index in [9.17, 15) is 4.79 Å². The van der Waals surface area contributed by atoms with Crippen LogP contribution in [-0.2, 0) is 0 Å². The summed E-state index contributed by atoms with van der Waals surface area (Å²) in [6, 6.07) is 1.85. The second kappa shape index (κ2) is 5.31. The van der Waals surface area contributed by atoms with Crippen molar-refractivity contribution in [3.8, 4) is 5.75 Å². The number of aryl methyl sites for hydroxylation is 1. The van der Waals surface area contributed by atoms with Gasteiger partial charge in [0.15, 0.2) is 4.88 Å². The summed E-state index contributed by atoms with van der Waals surface area (Å²) >= 11 is 1.29. The lowest BCUT2D eigenvalue weighted by Crippen LogP contribution is -2.28. The Balaban J connectivity index is 2.11. The van der Waals surface area contributed by atoms with Crippen LogP contribution in [0, 0.1) is 18.8 Å². The third kappa shape index (κ3) is 3.05. The lowest BCUT2D eigenvalue weighted by molar-refractivity contribution is 0.0683. The summed E-state index contributed by atoms with van der Waals surface area (Å²) in [5.74, 6) is 0.981. The summed E-state index contributed by atoms with van der Waals surface area (Å²) in [6.45, 7) is 6.39. The third-order valence-electron chi connectivity index (χ3n) is 3.44. The molecule has 18 heavy (non-hydrogen) atoms. The van der Waals surface area contributed by atoms with Gasteiger partial charge in [0.25, 0.3) is 0 Å². The van der Waals surface area contributed by atoms with Crippen LogP contribution in [0.2, 0.25) is 0 Å².